The van der Waals surface area contributed by atoms with Crippen molar-refractivity contribution < 1.29 is 9.47 Å². The molecule has 2 aromatic carbocycles. The smallest absolute Gasteiger partial charge is 0.128 e. The zero-order chi connectivity index (χ0) is 34.2. The van der Waals surface area contributed by atoms with Crippen LogP contribution in [-0.2, 0) is 13.1 Å². The van der Waals surface area contributed by atoms with Crippen LogP contribution in [-0.4, -0.2) is 56.3 Å². The molecular weight excluding hydrogens is 637 g/mol. The van der Waals surface area contributed by atoms with Crippen LogP contribution in [0.4, 0.5) is 0 Å². The molecule has 4 heterocycles. The minimum atomic E-state index is 0.629. The molecule has 0 fully saturated rings. The van der Waals surface area contributed by atoms with E-state index in [1.54, 1.807) is 37.7 Å². The van der Waals surface area contributed by atoms with Gasteiger partial charge in [0, 0.05) is 68.0 Å². The largest absolute Gasteiger partial charge is 0.496 e. The van der Waals surface area contributed by atoms with Gasteiger partial charge in [0.25, 0.3) is 0 Å². The quantitative estimate of drug-likeness (QED) is 0.133. The summed E-state index contributed by atoms with van der Waals surface area (Å²) in [5.41, 5.74) is 10.5. The number of aryl methyl sites for hydroxylation is 2. The number of ether oxygens (including phenoxy) is 2. The number of aromatic nitrogens is 6. The Balaban J connectivity index is 0.000000188. The Labute approximate surface area is 291 Å². The van der Waals surface area contributed by atoms with E-state index in [0.717, 1.165) is 67.7 Å². The summed E-state index contributed by atoms with van der Waals surface area (Å²) in [6.45, 7) is 9.36. The summed E-state index contributed by atoms with van der Waals surface area (Å²) < 4.78 is 14.8. The third-order valence-electron chi connectivity index (χ3n) is 8.17. The average molecular weight is 679 g/mol. The van der Waals surface area contributed by atoms with Gasteiger partial charge in [0.2, 0.25) is 0 Å². The maximum atomic E-state index is 5.49. The van der Waals surface area contributed by atoms with E-state index in [1.807, 2.05) is 74.0 Å². The number of thioether (sulfide) groups is 2. The van der Waals surface area contributed by atoms with E-state index in [-0.39, 0.29) is 0 Å². The maximum Gasteiger partial charge on any atom is 0.128 e. The lowest BCUT2D eigenvalue weighted by Crippen LogP contribution is -2.06. The Hall–Kier alpha value is -4.54. The third kappa shape index (κ3) is 7.77. The second-order valence-electron chi connectivity index (χ2n) is 11.3. The van der Waals surface area contributed by atoms with Gasteiger partial charge in [-0.3, -0.25) is 19.3 Å². The van der Waals surface area contributed by atoms with Gasteiger partial charge < -0.3 is 9.47 Å². The topological polar surface area (TPSA) is 79.9 Å². The summed E-state index contributed by atoms with van der Waals surface area (Å²) in [6.07, 6.45) is 11.9. The van der Waals surface area contributed by atoms with E-state index >= 15 is 0 Å². The molecule has 0 radical (unpaired) electrons. The highest BCUT2D eigenvalue weighted by Crippen LogP contribution is 2.31. The molecule has 0 bridgehead atoms. The Morgan fingerprint density at radius 1 is 0.583 bits per heavy atom. The molecule has 0 amide bonds. The van der Waals surface area contributed by atoms with Crippen LogP contribution in [0.3, 0.4) is 0 Å². The van der Waals surface area contributed by atoms with Gasteiger partial charge in [-0.1, -0.05) is 36.4 Å². The molecule has 10 heteroatoms. The highest BCUT2D eigenvalue weighted by Gasteiger charge is 2.14. The van der Waals surface area contributed by atoms with Crippen LogP contribution >= 0.6 is 23.5 Å². The van der Waals surface area contributed by atoms with E-state index in [1.165, 1.54) is 9.79 Å². The Morgan fingerprint density at radius 3 is 1.35 bits per heavy atom. The average Bonchev–Trinajstić information content (AvgIpc) is 3.78. The summed E-state index contributed by atoms with van der Waals surface area (Å²) in [5, 5.41) is 9.45. The van der Waals surface area contributed by atoms with Crippen LogP contribution in [0.1, 0.15) is 33.6 Å². The monoisotopic (exact) mass is 678 g/mol. The first-order chi connectivity index (χ1) is 23.3. The van der Waals surface area contributed by atoms with Crippen molar-refractivity contribution in [3.63, 3.8) is 0 Å². The van der Waals surface area contributed by atoms with Gasteiger partial charge in [-0.25, -0.2) is 0 Å². The minimum absolute atomic E-state index is 0.629. The van der Waals surface area contributed by atoms with E-state index in [0.29, 0.717) is 13.1 Å². The van der Waals surface area contributed by atoms with E-state index in [2.05, 4.69) is 71.0 Å². The van der Waals surface area contributed by atoms with Crippen LogP contribution in [0, 0.1) is 27.7 Å². The van der Waals surface area contributed by atoms with Crippen molar-refractivity contribution >= 4 is 23.5 Å². The molecule has 0 saturated carbocycles. The molecular formula is C38H42N6O2S2. The number of hydrogen-bond acceptors (Lipinski definition) is 8. The van der Waals surface area contributed by atoms with E-state index in [9.17, 15) is 0 Å². The fourth-order valence-electron chi connectivity index (χ4n) is 5.67. The SMILES string of the molecule is COc1c(C)cnc(Cn2ccc(-c3ccccc3SC)n2)c1C.COc1c(C)cnc(Cn2ccc(-c3ccccc3SC)n2)c1C. The highest BCUT2D eigenvalue weighted by molar-refractivity contribution is 7.99. The molecule has 8 nitrogen and oxygen atoms in total. The number of hydrogen-bond donors (Lipinski definition) is 0. The number of benzene rings is 2. The molecule has 0 N–H and O–H groups in total. The van der Waals surface area contributed by atoms with Crippen LogP contribution in [0.2, 0.25) is 0 Å². The summed E-state index contributed by atoms with van der Waals surface area (Å²) in [6, 6.07) is 20.8. The lowest BCUT2D eigenvalue weighted by atomic mass is 10.1. The second-order valence-corrected chi connectivity index (χ2v) is 13.0. The summed E-state index contributed by atoms with van der Waals surface area (Å²) in [7, 11) is 3.40. The molecule has 0 atom stereocenters. The lowest BCUT2D eigenvalue weighted by molar-refractivity contribution is 0.406. The van der Waals surface area contributed by atoms with E-state index < -0.39 is 0 Å². The molecule has 4 aromatic heterocycles. The summed E-state index contributed by atoms with van der Waals surface area (Å²) >= 11 is 3.47. The predicted octanol–water partition coefficient (Wildman–Crippen LogP) is 8.68. The molecule has 0 aliphatic heterocycles. The molecule has 6 rings (SSSR count). The summed E-state index contributed by atoms with van der Waals surface area (Å²) in [5.74, 6) is 1.81. The van der Waals surface area contributed by atoms with Crippen molar-refractivity contribution in [1.82, 2.24) is 29.5 Å². The van der Waals surface area contributed by atoms with Gasteiger partial charge >= 0.3 is 0 Å². The first-order valence-corrected chi connectivity index (χ1v) is 18.0. The van der Waals surface area contributed by atoms with Crippen LogP contribution < -0.4 is 9.47 Å². The lowest BCUT2D eigenvalue weighted by Gasteiger charge is -2.12. The first kappa shape index (κ1) is 34.8. The molecule has 48 heavy (non-hydrogen) atoms. The van der Waals surface area contributed by atoms with Crippen LogP contribution in [0.15, 0.2) is 95.2 Å². The van der Waals surface area contributed by atoms with Crippen LogP contribution in [0.5, 0.6) is 11.5 Å². The fourth-order valence-corrected chi connectivity index (χ4v) is 6.88. The van der Waals surface area contributed by atoms with Crippen molar-refractivity contribution in [1.29, 1.82) is 0 Å². The van der Waals surface area contributed by atoms with Gasteiger partial charge in [0.15, 0.2) is 0 Å². The third-order valence-corrected chi connectivity index (χ3v) is 9.76. The molecule has 6 aromatic rings. The minimum Gasteiger partial charge on any atom is -0.496 e. The molecule has 0 aliphatic carbocycles. The fraction of sp³-hybridized carbons (Fsp3) is 0.263. The number of pyridine rings is 2. The van der Waals surface area contributed by atoms with Crippen molar-refractivity contribution in [3.05, 3.63) is 119 Å². The number of rotatable bonds is 10. The van der Waals surface area contributed by atoms with Crippen LogP contribution in [0.25, 0.3) is 22.5 Å². The van der Waals surface area contributed by atoms with Gasteiger partial charge in [0.1, 0.15) is 11.5 Å². The maximum absolute atomic E-state index is 5.49. The molecule has 0 spiro atoms. The Morgan fingerprint density at radius 2 is 0.979 bits per heavy atom. The Bertz CT molecular complexity index is 1860. The first-order valence-electron chi connectivity index (χ1n) is 15.6. The van der Waals surface area contributed by atoms with Crippen molar-refractivity contribution in [2.75, 3.05) is 26.7 Å². The normalized spacial score (nSPS) is 10.8. The zero-order valence-electron chi connectivity index (χ0n) is 28.8. The van der Waals surface area contributed by atoms with Gasteiger partial charge in [-0.2, -0.15) is 10.2 Å². The van der Waals surface area contributed by atoms with Crippen molar-refractivity contribution in [2.45, 2.75) is 50.6 Å². The van der Waals surface area contributed by atoms with Gasteiger partial charge in [-0.15, -0.1) is 23.5 Å². The number of methoxy groups -OCH3 is 2. The van der Waals surface area contributed by atoms with Crippen molar-refractivity contribution in [3.8, 4) is 34.0 Å². The molecule has 0 aliphatic rings. The molecule has 0 saturated heterocycles. The highest BCUT2D eigenvalue weighted by atomic mass is 32.2. The van der Waals surface area contributed by atoms with Crippen molar-refractivity contribution in [2.24, 2.45) is 0 Å². The standard InChI is InChI=1S/2C19H21N3OS/c2*1-13-11-20-17(14(2)19(13)23-3)12-22-10-9-16(21-22)15-7-5-6-8-18(15)24-4/h2*5-11H,12H2,1-4H3. The zero-order valence-corrected chi connectivity index (χ0v) is 30.4. The van der Waals surface area contributed by atoms with Gasteiger partial charge in [-0.05, 0) is 64.5 Å². The summed E-state index contributed by atoms with van der Waals surface area (Å²) in [4.78, 5) is 11.6. The molecule has 248 valence electrons. The molecule has 0 unspecified atom stereocenters. The predicted molar refractivity (Wildman–Crippen MR) is 198 cm³/mol. The van der Waals surface area contributed by atoms with E-state index in [4.69, 9.17) is 19.7 Å². The second kappa shape index (κ2) is 16.0. The van der Waals surface area contributed by atoms with Gasteiger partial charge in [0.05, 0.1) is 50.1 Å². The Kier molecular flexibility index (Phi) is 11.6. The number of nitrogens with zero attached hydrogens (tertiary/aromatic N) is 6.